The van der Waals surface area contributed by atoms with E-state index in [4.69, 9.17) is 56.8 Å². The molecule has 6 saturated heterocycles. The Bertz CT molecular complexity index is 2660. The van der Waals surface area contributed by atoms with Crippen LogP contribution >= 0.6 is 0 Å². The van der Waals surface area contributed by atoms with Crippen molar-refractivity contribution in [3.63, 3.8) is 0 Å². The van der Waals surface area contributed by atoms with Crippen LogP contribution in [-0.2, 0) is 71.3 Å². The summed E-state index contributed by atoms with van der Waals surface area (Å²) in [7, 11) is 0. The number of amides is 5. The third kappa shape index (κ3) is 20.6. The minimum absolute atomic E-state index is 0.0594. The summed E-state index contributed by atoms with van der Waals surface area (Å²) in [6.45, 7) is 3.38. The molecule has 0 spiro atoms. The van der Waals surface area contributed by atoms with Gasteiger partial charge in [0.05, 0.1) is 45.7 Å². The van der Waals surface area contributed by atoms with Crippen molar-refractivity contribution in [3.05, 3.63) is 29.8 Å². The maximum atomic E-state index is 14.0. The van der Waals surface area contributed by atoms with Gasteiger partial charge in [0.15, 0.2) is 37.7 Å². The van der Waals surface area contributed by atoms with Crippen molar-refractivity contribution in [1.29, 1.82) is 0 Å². The molecule has 6 heterocycles. The number of benzene rings is 1. The lowest BCUT2D eigenvalue weighted by atomic mass is 9.93. The zero-order chi connectivity index (χ0) is 71.8. The Morgan fingerprint density at radius 1 is 0.418 bits per heavy atom. The van der Waals surface area contributed by atoms with E-state index >= 15 is 0 Å². The van der Waals surface area contributed by atoms with Crippen molar-refractivity contribution in [3.8, 4) is 5.75 Å². The molecule has 6 aliphatic rings. The number of carbonyl (C=O) groups excluding carboxylic acids is 5. The van der Waals surface area contributed by atoms with Crippen LogP contribution in [-0.4, -0.2) is 325 Å². The number of hydrogen-bond donors (Lipinski definition) is 19. The van der Waals surface area contributed by atoms with E-state index in [1.165, 1.54) is 51.2 Å². The number of carbonyl (C=O) groups is 5. The van der Waals surface area contributed by atoms with Crippen molar-refractivity contribution in [1.82, 2.24) is 26.6 Å². The lowest BCUT2D eigenvalue weighted by Gasteiger charge is -2.51. The summed E-state index contributed by atoms with van der Waals surface area (Å²) in [6.07, 6.45) is -34.9. The minimum Gasteiger partial charge on any atom is -0.494 e. The van der Waals surface area contributed by atoms with Crippen molar-refractivity contribution >= 4 is 29.5 Å². The molecule has 98 heavy (non-hydrogen) atoms. The van der Waals surface area contributed by atoms with Crippen LogP contribution in [0, 0.1) is 0 Å². The van der Waals surface area contributed by atoms with Gasteiger partial charge in [-0.2, -0.15) is 0 Å². The van der Waals surface area contributed by atoms with Crippen LogP contribution in [0.3, 0.4) is 0 Å². The fraction of sp³-hybridized carbons (Fsp3) is 0.823. The molecule has 36 heteroatoms. The summed E-state index contributed by atoms with van der Waals surface area (Å²) in [6, 6.07) is -2.45. The van der Waals surface area contributed by atoms with Crippen LogP contribution < -0.4 is 31.3 Å². The van der Waals surface area contributed by atoms with Crippen molar-refractivity contribution < 1.29 is 152 Å². The first kappa shape index (κ1) is 80.7. The van der Waals surface area contributed by atoms with Gasteiger partial charge in [-0.3, -0.25) is 24.0 Å². The second-order valence-corrected chi connectivity index (χ2v) is 25.4. The van der Waals surface area contributed by atoms with Crippen LogP contribution in [0.4, 0.5) is 0 Å². The largest absolute Gasteiger partial charge is 0.494 e. The second-order valence-electron chi connectivity index (χ2n) is 25.4. The molecule has 30 atom stereocenters. The Hall–Kier alpha value is -4.63. The number of nitrogens with one attached hydrogen (secondary N) is 5. The maximum absolute atomic E-state index is 14.0. The molecule has 0 saturated carbocycles. The summed E-state index contributed by atoms with van der Waals surface area (Å²) < 4.78 is 72.0. The summed E-state index contributed by atoms with van der Waals surface area (Å²) in [5.41, 5.74) is 0.0594. The van der Waals surface area contributed by atoms with Crippen LogP contribution in [0.25, 0.3) is 0 Å². The van der Waals surface area contributed by atoms with Gasteiger partial charge >= 0.3 is 0 Å². The monoisotopic (exact) mass is 1410 g/mol. The van der Waals surface area contributed by atoms with E-state index in [2.05, 4.69) is 33.5 Å². The highest BCUT2D eigenvalue weighted by molar-refractivity contribution is 5.94. The summed E-state index contributed by atoms with van der Waals surface area (Å²) in [5.74, 6) is -3.68. The molecule has 0 aromatic heterocycles. The number of aliphatic hydroxyl groups excluding tert-OH is 14. The third-order valence-electron chi connectivity index (χ3n) is 17.9. The zero-order valence-corrected chi connectivity index (χ0v) is 55.4. The van der Waals surface area contributed by atoms with Gasteiger partial charge in [-0.1, -0.05) is 64.4 Å². The molecule has 1 aromatic rings. The molecule has 0 bridgehead atoms. The van der Waals surface area contributed by atoms with Crippen molar-refractivity contribution in [2.24, 2.45) is 0 Å². The molecule has 6 aliphatic heterocycles. The predicted octanol–water partition coefficient (Wildman–Crippen LogP) is -7.15. The SMILES string of the molecule is CCCCCCCCCCCOc1cccc(C(=O)NC2[C@H](O[C@H]3C(O)C(NC(C)=O)C(OC4C(CO)O[C@@H](O[C@H]5C(O)C(NC(C)=O)C(OC6C(CO[C@@H]7OC(C)C(O)[C@H](O)[C@H]7O)OC(O)[C@@H](NC(C)=O)[C@H]6O)O[C@H]5CO)[C@@H](NC(C)=O)[C@H]4O)O[C@H]3CO)OC(CO)[C@@H](O)[C@@H]2O)c1. The topological polar surface area (TPSA) is 539 Å². The Morgan fingerprint density at radius 3 is 1.26 bits per heavy atom. The van der Waals surface area contributed by atoms with Crippen LogP contribution in [0.1, 0.15) is 110 Å². The average Bonchev–Trinajstić information content (AvgIpc) is 0.772. The standard InChI is InChI=1S/C62H101N5O31/c1-7-8-9-10-11-12-13-14-15-19-87-32-18-16-17-31(20-32)56(85)67-39-45(78)44(77)33(21-68)91-58(39)95-52-34(22-69)92-59(40(47(52)80)64-28(4)73)96-53-35(23-70)93-60(41(48(53)81)65-29(5)74)97-54-36(24-71)94-61(42(49(54)82)66-30(6)75)98-55-37(90-57(86)38(46(55)79)63-27(3)72)25-88-62-51(84)50(83)43(76)26(2)89-62/h16-18,20,26,33-55,57-62,68-71,76-84,86H,7-15,19,21-25H2,1-6H3,(H,63,72)(H,64,73)(H,65,74)(H,66,75)(H,67,85)/t26?,33?,34-,35?,36-,37?,38-,39?,40?,41-,42?,43?,44+,45+,46+,47?,48+,49?,50-,51+,52+,53?,54+,55?,57?,58-,59?,60-,61?,62+/m0/s1. The fourth-order valence-electron chi connectivity index (χ4n) is 12.7. The first-order chi connectivity index (χ1) is 46.7. The number of unbranched alkanes of at least 4 members (excludes halogenated alkanes) is 8. The van der Waals surface area contributed by atoms with Crippen LogP contribution in [0.15, 0.2) is 24.3 Å². The lowest BCUT2D eigenvalue weighted by Crippen LogP contribution is -2.72. The Labute approximate surface area is 565 Å². The maximum Gasteiger partial charge on any atom is 0.251 e. The van der Waals surface area contributed by atoms with E-state index in [1.54, 1.807) is 12.1 Å². The summed E-state index contributed by atoms with van der Waals surface area (Å²) in [5, 5.41) is 168. The van der Waals surface area contributed by atoms with Gasteiger partial charge in [-0.05, 0) is 31.5 Å². The molecule has 1 aromatic carbocycles. The molecule has 6 fully saturated rings. The molecular weight excluding hydrogens is 1310 g/mol. The quantitative estimate of drug-likeness (QED) is 0.0298. The summed E-state index contributed by atoms with van der Waals surface area (Å²) >= 11 is 0. The molecule has 7 rings (SSSR count). The van der Waals surface area contributed by atoms with Gasteiger partial charge < -0.3 is 155 Å². The Morgan fingerprint density at radius 2 is 0.816 bits per heavy atom. The van der Waals surface area contributed by atoms with Crippen molar-refractivity contribution in [2.75, 3.05) is 39.6 Å². The van der Waals surface area contributed by atoms with E-state index in [0.717, 1.165) is 53.4 Å². The number of ether oxygens (including phenoxy) is 12. The molecule has 15 unspecified atom stereocenters. The van der Waals surface area contributed by atoms with Crippen LogP contribution in [0.5, 0.6) is 5.75 Å². The first-order valence-corrected chi connectivity index (χ1v) is 33.2. The van der Waals surface area contributed by atoms with E-state index in [9.17, 15) is 95.5 Å². The highest BCUT2D eigenvalue weighted by atomic mass is 16.8. The molecule has 36 nitrogen and oxygen atoms in total. The van der Waals surface area contributed by atoms with E-state index < -0.39 is 246 Å². The summed E-state index contributed by atoms with van der Waals surface area (Å²) in [4.78, 5) is 65.0. The van der Waals surface area contributed by atoms with Crippen molar-refractivity contribution in [2.45, 2.75) is 283 Å². The van der Waals surface area contributed by atoms with E-state index in [-0.39, 0.29) is 5.56 Å². The van der Waals surface area contributed by atoms with Gasteiger partial charge in [-0.15, -0.1) is 0 Å². The minimum atomic E-state index is -2.07. The molecule has 560 valence electrons. The molecule has 5 amide bonds. The molecule has 0 aliphatic carbocycles. The normalized spacial score (nSPS) is 39.8. The number of aliphatic hydroxyl groups is 14. The van der Waals surface area contributed by atoms with Gasteiger partial charge in [0, 0.05) is 33.3 Å². The van der Waals surface area contributed by atoms with E-state index in [1.807, 2.05) is 0 Å². The highest BCUT2D eigenvalue weighted by Crippen LogP contribution is 2.37. The van der Waals surface area contributed by atoms with Gasteiger partial charge in [0.1, 0.15) is 146 Å². The average molecular weight is 1410 g/mol. The van der Waals surface area contributed by atoms with E-state index in [0.29, 0.717) is 12.4 Å². The molecule has 19 N–H and O–H groups in total. The number of rotatable bonds is 32. The van der Waals surface area contributed by atoms with Gasteiger partial charge in [-0.25, -0.2) is 0 Å². The Kier molecular flexibility index (Phi) is 31.3. The number of hydrogen-bond acceptors (Lipinski definition) is 31. The Balaban J connectivity index is 1.07. The zero-order valence-electron chi connectivity index (χ0n) is 55.4. The van der Waals surface area contributed by atoms with Gasteiger partial charge in [0.2, 0.25) is 23.6 Å². The molecular formula is C62H101N5O31. The highest BCUT2D eigenvalue weighted by Gasteiger charge is 2.58. The lowest BCUT2D eigenvalue weighted by molar-refractivity contribution is -0.368. The smallest absolute Gasteiger partial charge is 0.251 e. The fourth-order valence-corrected chi connectivity index (χ4v) is 12.7. The molecule has 0 radical (unpaired) electrons. The predicted molar refractivity (Wildman–Crippen MR) is 329 cm³/mol. The third-order valence-corrected chi connectivity index (χ3v) is 17.9. The van der Waals surface area contributed by atoms with Crippen LogP contribution in [0.2, 0.25) is 0 Å². The first-order valence-electron chi connectivity index (χ1n) is 33.2. The second kappa shape index (κ2) is 38.0. The van der Waals surface area contributed by atoms with Gasteiger partial charge in [0.25, 0.3) is 5.91 Å².